The van der Waals surface area contributed by atoms with Crippen molar-refractivity contribution in [2.75, 3.05) is 18.1 Å². The molecule has 1 fully saturated rings. The van der Waals surface area contributed by atoms with Crippen LogP contribution < -0.4 is 5.32 Å². The van der Waals surface area contributed by atoms with Gasteiger partial charge >= 0.3 is 0 Å². The largest absolute Gasteiger partial charge is 0.325 e. The number of hydrogen-bond acceptors (Lipinski definition) is 5. The van der Waals surface area contributed by atoms with Crippen molar-refractivity contribution in [3.05, 3.63) is 41.8 Å². The molecule has 1 aliphatic heterocycles. The first kappa shape index (κ1) is 19.4. The van der Waals surface area contributed by atoms with Gasteiger partial charge in [-0.3, -0.25) is 4.79 Å². The van der Waals surface area contributed by atoms with Gasteiger partial charge in [0.05, 0.1) is 5.69 Å². The summed E-state index contributed by atoms with van der Waals surface area (Å²) in [6.45, 7) is 0.472. The SMILES string of the molecule is CSc1ccccc1NC(=O)CC1CCCCN1S(=O)(=O)c1cccs1. The maximum Gasteiger partial charge on any atom is 0.252 e. The van der Waals surface area contributed by atoms with E-state index in [4.69, 9.17) is 0 Å². The van der Waals surface area contributed by atoms with Gasteiger partial charge in [-0.25, -0.2) is 8.42 Å². The quantitative estimate of drug-likeness (QED) is 0.730. The third kappa shape index (κ3) is 4.31. The number of carbonyl (C=O) groups excluding carboxylic acids is 1. The second-order valence-electron chi connectivity index (χ2n) is 6.15. The van der Waals surface area contributed by atoms with Crippen LogP contribution in [0.25, 0.3) is 0 Å². The van der Waals surface area contributed by atoms with Crippen LogP contribution >= 0.6 is 23.1 Å². The molecule has 0 spiro atoms. The topological polar surface area (TPSA) is 66.5 Å². The van der Waals surface area contributed by atoms with E-state index in [1.165, 1.54) is 15.6 Å². The lowest BCUT2D eigenvalue weighted by Gasteiger charge is -2.34. The molecule has 0 saturated carbocycles. The lowest BCUT2D eigenvalue weighted by Crippen LogP contribution is -2.45. The molecule has 3 rings (SSSR count). The highest BCUT2D eigenvalue weighted by molar-refractivity contribution is 7.98. The number of rotatable bonds is 6. The average Bonchev–Trinajstić information content (AvgIpc) is 3.18. The minimum Gasteiger partial charge on any atom is -0.325 e. The Kier molecular flexibility index (Phi) is 6.39. The predicted octanol–water partition coefficient (Wildman–Crippen LogP) is 4.04. The molecule has 5 nitrogen and oxygen atoms in total. The fourth-order valence-corrected chi connectivity index (χ4v) is 6.55. The summed E-state index contributed by atoms with van der Waals surface area (Å²) in [4.78, 5) is 13.6. The van der Waals surface area contributed by atoms with E-state index in [1.807, 2.05) is 30.5 Å². The molecular formula is C18H22N2O3S3. The van der Waals surface area contributed by atoms with Gasteiger partial charge < -0.3 is 5.32 Å². The number of nitrogens with zero attached hydrogens (tertiary/aromatic N) is 1. The van der Waals surface area contributed by atoms with E-state index in [2.05, 4.69) is 5.32 Å². The first-order chi connectivity index (χ1) is 12.5. The molecule has 0 radical (unpaired) electrons. The first-order valence-electron chi connectivity index (χ1n) is 8.50. The summed E-state index contributed by atoms with van der Waals surface area (Å²) in [5, 5.41) is 4.70. The minimum absolute atomic E-state index is 0.148. The van der Waals surface area contributed by atoms with Crippen LogP contribution in [0.3, 0.4) is 0 Å². The van der Waals surface area contributed by atoms with Crippen LogP contribution in [0.15, 0.2) is 50.9 Å². The Morgan fingerprint density at radius 3 is 2.81 bits per heavy atom. The van der Waals surface area contributed by atoms with E-state index in [-0.39, 0.29) is 18.4 Å². The number of hydrogen-bond donors (Lipinski definition) is 1. The van der Waals surface area contributed by atoms with Crippen molar-refractivity contribution in [3.8, 4) is 0 Å². The monoisotopic (exact) mass is 410 g/mol. The summed E-state index contributed by atoms with van der Waals surface area (Å²) >= 11 is 2.79. The highest BCUT2D eigenvalue weighted by Gasteiger charge is 2.35. The predicted molar refractivity (Wildman–Crippen MR) is 107 cm³/mol. The second-order valence-corrected chi connectivity index (χ2v) is 10.1. The van der Waals surface area contributed by atoms with Crippen molar-refractivity contribution in [2.24, 2.45) is 0 Å². The van der Waals surface area contributed by atoms with E-state index in [0.717, 1.165) is 23.4 Å². The summed E-state index contributed by atoms with van der Waals surface area (Å²) in [6.07, 6.45) is 4.62. The van der Waals surface area contributed by atoms with Gasteiger partial charge in [0.15, 0.2) is 0 Å². The Balaban J connectivity index is 1.73. The lowest BCUT2D eigenvalue weighted by molar-refractivity contribution is -0.117. The molecule has 2 heterocycles. The Morgan fingerprint density at radius 1 is 1.27 bits per heavy atom. The van der Waals surface area contributed by atoms with Gasteiger partial charge in [0.25, 0.3) is 10.0 Å². The summed E-state index contributed by atoms with van der Waals surface area (Å²) < 4.78 is 27.7. The highest BCUT2D eigenvalue weighted by atomic mass is 32.2. The lowest BCUT2D eigenvalue weighted by atomic mass is 10.0. The van der Waals surface area contributed by atoms with Crippen molar-refractivity contribution in [1.82, 2.24) is 4.31 Å². The maximum atomic E-state index is 12.9. The minimum atomic E-state index is -3.53. The van der Waals surface area contributed by atoms with Crippen molar-refractivity contribution < 1.29 is 13.2 Å². The number of amides is 1. The molecule has 0 aliphatic carbocycles. The molecule has 1 aliphatic rings. The fraction of sp³-hybridized carbons (Fsp3) is 0.389. The van der Waals surface area contributed by atoms with Gasteiger partial charge in [0, 0.05) is 23.9 Å². The van der Waals surface area contributed by atoms with E-state index in [1.54, 1.807) is 29.3 Å². The maximum absolute atomic E-state index is 12.9. The first-order valence-corrected chi connectivity index (χ1v) is 12.0. The van der Waals surface area contributed by atoms with Crippen molar-refractivity contribution in [3.63, 3.8) is 0 Å². The van der Waals surface area contributed by atoms with Crippen LogP contribution in [0.5, 0.6) is 0 Å². The van der Waals surface area contributed by atoms with E-state index >= 15 is 0 Å². The normalized spacial score (nSPS) is 18.6. The van der Waals surface area contributed by atoms with Gasteiger partial charge in [0.1, 0.15) is 4.21 Å². The number of thioether (sulfide) groups is 1. The van der Waals surface area contributed by atoms with Gasteiger partial charge in [-0.2, -0.15) is 4.31 Å². The number of sulfonamides is 1. The number of anilines is 1. The van der Waals surface area contributed by atoms with Gasteiger partial charge in [0.2, 0.25) is 5.91 Å². The Hall–Kier alpha value is -1.35. The molecule has 2 aromatic rings. The van der Waals surface area contributed by atoms with Gasteiger partial charge in [-0.15, -0.1) is 23.1 Å². The Bertz CT molecular complexity index is 850. The van der Waals surface area contributed by atoms with Crippen molar-refractivity contribution >= 4 is 44.7 Å². The molecule has 1 N–H and O–H groups in total. The highest BCUT2D eigenvalue weighted by Crippen LogP contribution is 2.30. The zero-order valence-electron chi connectivity index (χ0n) is 14.6. The third-order valence-corrected chi connectivity index (χ3v) is 8.55. The van der Waals surface area contributed by atoms with Crippen LogP contribution in [0.1, 0.15) is 25.7 Å². The zero-order valence-corrected chi connectivity index (χ0v) is 17.0. The molecule has 1 saturated heterocycles. The number of thiophene rings is 1. The summed E-state index contributed by atoms with van der Waals surface area (Å²) in [5.41, 5.74) is 0.772. The van der Waals surface area contributed by atoms with Gasteiger partial charge in [-0.05, 0) is 42.7 Å². The molecule has 1 unspecified atom stereocenters. The van der Waals surface area contributed by atoms with Gasteiger partial charge in [-0.1, -0.05) is 24.6 Å². The third-order valence-electron chi connectivity index (χ3n) is 4.43. The summed E-state index contributed by atoms with van der Waals surface area (Å²) in [5.74, 6) is -0.148. The standard InChI is InChI=1S/C18H22N2O3S3/c1-24-16-9-3-2-8-15(16)19-17(21)13-14-7-4-5-11-20(14)26(22,23)18-10-6-12-25-18/h2-3,6,8-10,12,14H,4-5,7,11,13H2,1H3,(H,19,21). The molecule has 1 aromatic carbocycles. The number of carbonyl (C=O) groups is 1. The molecule has 1 aromatic heterocycles. The van der Waals surface area contributed by atoms with Crippen LogP contribution in [0.4, 0.5) is 5.69 Å². The van der Waals surface area contributed by atoms with Crippen LogP contribution in [-0.4, -0.2) is 37.5 Å². The molecular weight excluding hydrogens is 388 g/mol. The second kappa shape index (κ2) is 8.56. The van der Waals surface area contributed by atoms with Crippen LogP contribution in [0.2, 0.25) is 0 Å². The van der Waals surface area contributed by atoms with E-state index in [0.29, 0.717) is 17.2 Å². The number of benzene rings is 1. The molecule has 1 amide bonds. The average molecular weight is 411 g/mol. The fourth-order valence-electron chi connectivity index (χ4n) is 3.18. The number of nitrogens with one attached hydrogen (secondary N) is 1. The number of piperidine rings is 1. The van der Waals surface area contributed by atoms with Crippen molar-refractivity contribution in [1.29, 1.82) is 0 Å². The molecule has 0 bridgehead atoms. The molecule has 26 heavy (non-hydrogen) atoms. The van der Waals surface area contributed by atoms with Crippen molar-refractivity contribution in [2.45, 2.75) is 40.8 Å². The van der Waals surface area contributed by atoms with Crippen LogP contribution in [-0.2, 0) is 14.8 Å². The smallest absolute Gasteiger partial charge is 0.252 e. The summed E-state index contributed by atoms with van der Waals surface area (Å²) in [7, 11) is -3.53. The number of para-hydroxylation sites is 1. The Morgan fingerprint density at radius 2 is 2.08 bits per heavy atom. The Labute approximate surface area is 162 Å². The van der Waals surface area contributed by atoms with E-state index in [9.17, 15) is 13.2 Å². The molecule has 140 valence electrons. The molecule has 8 heteroatoms. The van der Waals surface area contributed by atoms with Crippen LogP contribution in [0, 0.1) is 0 Å². The zero-order chi connectivity index (χ0) is 18.6. The molecule has 1 atom stereocenters. The van der Waals surface area contributed by atoms with E-state index < -0.39 is 10.0 Å². The summed E-state index contributed by atoms with van der Waals surface area (Å²) in [6, 6.07) is 10.7.